The number of esters is 1. The molecule has 4 rings (SSSR count). The van der Waals surface area contributed by atoms with Crippen molar-refractivity contribution in [3.05, 3.63) is 69.0 Å². The highest BCUT2D eigenvalue weighted by molar-refractivity contribution is 7.21. The molecule has 0 spiro atoms. The van der Waals surface area contributed by atoms with Crippen molar-refractivity contribution in [2.45, 2.75) is 20.8 Å². The molecule has 3 heterocycles. The van der Waals surface area contributed by atoms with Gasteiger partial charge in [0.05, 0.1) is 5.02 Å². The normalized spacial score (nSPS) is 11.0. The lowest BCUT2D eigenvalue weighted by molar-refractivity contribution is -0.141. The molecule has 0 atom stereocenters. The number of carbonyl (C=O) groups is 3. The van der Waals surface area contributed by atoms with E-state index >= 15 is 0 Å². The number of ketones is 1. The number of nitrogens with one attached hydrogen (secondary N) is 1. The van der Waals surface area contributed by atoms with Crippen molar-refractivity contribution in [1.29, 1.82) is 0 Å². The molecule has 0 saturated heterocycles. The summed E-state index contributed by atoms with van der Waals surface area (Å²) in [6, 6.07) is 10.9. The van der Waals surface area contributed by atoms with Crippen molar-refractivity contribution in [3.8, 4) is 5.82 Å². The zero-order chi connectivity index (χ0) is 23.7. The highest BCUT2D eigenvalue weighted by Gasteiger charge is 2.21. The molecule has 10 heteroatoms. The summed E-state index contributed by atoms with van der Waals surface area (Å²) in [6.45, 7) is 4.58. The summed E-state index contributed by atoms with van der Waals surface area (Å²) in [4.78, 5) is 37.5. The SMILES string of the molecule is Cc1cc(-n2c(C)cc(C(=O)COC(=O)CNC(=O)c3sc4ccccc4c3Cl)c2C)no1. The molecule has 33 heavy (non-hydrogen) atoms. The largest absolute Gasteiger partial charge is 0.456 e. The standard InChI is InChI=1S/C23H20ClN3O5S/c1-12-8-16(14(3)27(12)19-9-13(2)32-26-19)17(28)11-31-20(29)10-25-23(30)22-21(24)15-6-4-5-7-18(15)33-22/h4-9H,10-11H2,1-3H3,(H,25,30). The summed E-state index contributed by atoms with van der Waals surface area (Å²) in [5.41, 5.74) is 1.87. The van der Waals surface area contributed by atoms with Crippen molar-refractivity contribution >= 4 is 50.7 Å². The zero-order valence-corrected chi connectivity index (χ0v) is 19.7. The number of benzene rings is 1. The fourth-order valence-electron chi connectivity index (χ4n) is 3.52. The smallest absolute Gasteiger partial charge is 0.325 e. The summed E-state index contributed by atoms with van der Waals surface area (Å²) < 4.78 is 12.9. The van der Waals surface area contributed by atoms with Crippen LogP contribution < -0.4 is 5.32 Å². The minimum Gasteiger partial charge on any atom is -0.456 e. The quantitative estimate of drug-likeness (QED) is 0.307. The first-order valence-corrected chi connectivity index (χ1v) is 11.2. The van der Waals surface area contributed by atoms with Crippen molar-refractivity contribution in [1.82, 2.24) is 15.0 Å². The monoisotopic (exact) mass is 485 g/mol. The molecule has 0 bridgehead atoms. The van der Waals surface area contributed by atoms with Gasteiger partial charge in [0.25, 0.3) is 5.91 Å². The maximum Gasteiger partial charge on any atom is 0.325 e. The first-order valence-electron chi connectivity index (χ1n) is 10.0. The number of aryl methyl sites for hydroxylation is 2. The highest BCUT2D eigenvalue weighted by Crippen LogP contribution is 2.34. The molecule has 0 aliphatic heterocycles. The third-order valence-electron chi connectivity index (χ3n) is 5.07. The van der Waals surface area contributed by atoms with Gasteiger partial charge in [-0.3, -0.25) is 19.0 Å². The molecule has 0 saturated carbocycles. The van der Waals surface area contributed by atoms with Gasteiger partial charge in [-0.1, -0.05) is 35.0 Å². The van der Waals surface area contributed by atoms with E-state index in [1.165, 1.54) is 11.3 Å². The molecular formula is C23H20ClN3O5S. The predicted molar refractivity (Wildman–Crippen MR) is 124 cm³/mol. The molecule has 0 radical (unpaired) electrons. The van der Waals surface area contributed by atoms with E-state index in [0.29, 0.717) is 32.7 Å². The second kappa shape index (κ2) is 9.21. The Morgan fingerprint density at radius 2 is 1.94 bits per heavy atom. The van der Waals surface area contributed by atoms with Crippen LogP contribution >= 0.6 is 22.9 Å². The maximum absolute atomic E-state index is 12.6. The van der Waals surface area contributed by atoms with E-state index in [-0.39, 0.29) is 12.3 Å². The van der Waals surface area contributed by atoms with Crippen molar-refractivity contribution in [2.24, 2.45) is 0 Å². The molecular weight excluding hydrogens is 466 g/mol. The number of amides is 1. The first-order chi connectivity index (χ1) is 15.8. The second-order valence-electron chi connectivity index (χ2n) is 7.42. The molecule has 4 aromatic rings. The van der Waals surface area contributed by atoms with Crippen LogP contribution in [0.5, 0.6) is 0 Å². The number of thiophene rings is 1. The summed E-state index contributed by atoms with van der Waals surface area (Å²) in [6.07, 6.45) is 0. The molecule has 1 amide bonds. The Kier molecular flexibility index (Phi) is 6.35. The zero-order valence-electron chi connectivity index (χ0n) is 18.1. The Labute approximate surface area is 198 Å². The Hall–Kier alpha value is -3.43. The summed E-state index contributed by atoms with van der Waals surface area (Å²) in [7, 11) is 0. The number of hydrogen-bond acceptors (Lipinski definition) is 7. The van der Waals surface area contributed by atoms with Gasteiger partial charge < -0.3 is 14.6 Å². The van der Waals surface area contributed by atoms with Crippen LogP contribution in [0.3, 0.4) is 0 Å². The number of fused-ring (bicyclic) bond motifs is 1. The Morgan fingerprint density at radius 3 is 2.64 bits per heavy atom. The van der Waals surface area contributed by atoms with Crippen LogP contribution in [0.2, 0.25) is 5.02 Å². The van der Waals surface area contributed by atoms with Gasteiger partial charge in [0.2, 0.25) is 5.78 Å². The van der Waals surface area contributed by atoms with E-state index in [2.05, 4.69) is 10.5 Å². The molecule has 3 aromatic heterocycles. The number of halogens is 1. The molecule has 1 N–H and O–H groups in total. The van der Waals surface area contributed by atoms with Crippen molar-refractivity contribution in [2.75, 3.05) is 13.2 Å². The lowest BCUT2D eigenvalue weighted by atomic mass is 10.1. The van der Waals surface area contributed by atoms with Gasteiger partial charge >= 0.3 is 5.97 Å². The van der Waals surface area contributed by atoms with E-state index < -0.39 is 18.5 Å². The fourth-order valence-corrected chi connectivity index (χ4v) is 4.96. The average Bonchev–Trinajstić information content (AvgIpc) is 3.45. The number of ether oxygens (including phenoxy) is 1. The predicted octanol–water partition coefficient (Wildman–Crippen LogP) is 4.41. The van der Waals surface area contributed by atoms with Gasteiger partial charge in [-0.05, 0) is 32.9 Å². The first kappa shape index (κ1) is 22.8. The third kappa shape index (κ3) is 4.55. The number of aromatic nitrogens is 2. The lowest BCUT2D eigenvalue weighted by Gasteiger charge is -2.07. The third-order valence-corrected chi connectivity index (χ3v) is 6.75. The number of carbonyl (C=O) groups excluding carboxylic acids is 3. The number of nitrogens with zero attached hydrogens (tertiary/aromatic N) is 2. The van der Waals surface area contributed by atoms with Gasteiger partial charge in [-0.25, -0.2) is 0 Å². The lowest BCUT2D eigenvalue weighted by Crippen LogP contribution is -2.31. The van der Waals surface area contributed by atoms with E-state index in [1.54, 1.807) is 30.5 Å². The minimum absolute atomic E-state index is 0.317. The van der Waals surface area contributed by atoms with E-state index in [4.69, 9.17) is 20.9 Å². The fraction of sp³-hybridized carbons (Fsp3) is 0.217. The summed E-state index contributed by atoms with van der Waals surface area (Å²) >= 11 is 7.53. The van der Waals surface area contributed by atoms with Crippen LogP contribution in [0.4, 0.5) is 0 Å². The van der Waals surface area contributed by atoms with Gasteiger partial charge in [0.15, 0.2) is 12.4 Å². The van der Waals surface area contributed by atoms with E-state index in [1.807, 2.05) is 31.2 Å². The average molecular weight is 486 g/mol. The van der Waals surface area contributed by atoms with E-state index in [0.717, 1.165) is 15.8 Å². The highest BCUT2D eigenvalue weighted by atomic mass is 35.5. The van der Waals surface area contributed by atoms with Crippen LogP contribution in [0, 0.1) is 20.8 Å². The number of Topliss-reactive ketones (excluding diaryl/α,β-unsaturated/α-hetero) is 1. The van der Waals surface area contributed by atoms with E-state index in [9.17, 15) is 14.4 Å². The number of hydrogen-bond donors (Lipinski definition) is 1. The van der Waals surface area contributed by atoms with Crippen LogP contribution in [0.1, 0.15) is 37.2 Å². The van der Waals surface area contributed by atoms with Gasteiger partial charge in [0, 0.05) is 33.1 Å². The number of rotatable bonds is 7. The second-order valence-corrected chi connectivity index (χ2v) is 8.85. The minimum atomic E-state index is -0.727. The summed E-state index contributed by atoms with van der Waals surface area (Å²) in [5.74, 6) is -0.341. The van der Waals surface area contributed by atoms with Crippen LogP contribution in [-0.2, 0) is 9.53 Å². The molecule has 0 unspecified atom stereocenters. The van der Waals surface area contributed by atoms with Gasteiger partial charge in [-0.2, -0.15) is 0 Å². The van der Waals surface area contributed by atoms with Crippen molar-refractivity contribution < 1.29 is 23.6 Å². The topological polar surface area (TPSA) is 103 Å². The summed E-state index contributed by atoms with van der Waals surface area (Å²) in [5, 5.41) is 7.59. The molecule has 8 nitrogen and oxygen atoms in total. The molecule has 0 aliphatic rings. The van der Waals surface area contributed by atoms with Crippen LogP contribution in [0.15, 0.2) is 40.9 Å². The van der Waals surface area contributed by atoms with Crippen molar-refractivity contribution in [3.63, 3.8) is 0 Å². The molecule has 0 fully saturated rings. The van der Waals surface area contributed by atoms with Gasteiger partial charge in [0.1, 0.15) is 17.2 Å². The van der Waals surface area contributed by atoms with Crippen LogP contribution in [-0.4, -0.2) is 40.5 Å². The Morgan fingerprint density at radius 1 is 1.18 bits per heavy atom. The maximum atomic E-state index is 12.6. The van der Waals surface area contributed by atoms with Crippen LogP contribution in [0.25, 0.3) is 15.9 Å². The Balaban J connectivity index is 1.35. The van der Waals surface area contributed by atoms with Gasteiger partial charge in [-0.15, -0.1) is 11.3 Å². The molecule has 170 valence electrons. The molecule has 0 aliphatic carbocycles. The molecule has 1 aromatic carbocycles. The Bertz CT molecular complexity index is 1380.